The summed E-state index contributed by atoms with van der Waals surface area (Å²) in [4.78, 5) is 2.29. The van der Waals surface area contributed by atoms with Crippen molar-refractivity contribution >= 4 is 0 Å². The standard InChI is InChI=1S/C13H19NO3/c1-16-12-5-2-4-11(13(12)15)10-14-6-3-8-17-9-7-14/h2,4-5,15H,3,6-10H2,1H3. The lowest BCUT2D eigenvalue weighted by molar-refractivity contribution is 0.140. The SMILES string of the molecule is COc1cccc(CN2CCCOCC2)c1O. The van der Waals surface area contributed by atoms with Gasteiger partial charge in [0.2, 0.25) is 0 Å². The third kappa shape index (κ3) is 3.11. The fourth-order valence-electron chi connectivity index (χ4n) is 2.06. The molecule has 0 aromatic heterocycles. The van der Waals surface area contributed by atoms with Gasteiger partial charge < -0.3 is 14.6 Å². The van der Waals surface area contributed by atoms with E-state index >= 15 is 0 Å². The van der Waals surface area contributed by atoms with E-state index in [9.17, 15) is 5.11 Å². The van der Waals surface area contributed by atoms with Crippen molar-refractivity contribution in [1.82, 2.24) is 4.90 Å². The van der Waals surface area contributed by atoms with E-state index in [-0.39, 0.29) is 5.75 Å². The van der Waals surface area contributed by atoms with Gasteiger partial charge in [0.1, 0.15) is 0 Å². The van der Waals surface area contributed by atoms with Crippen LogP contribution in [-0.2, 0) is 11.3 Å². The first-order valence-electron chi connectivity index (χ1n) is 5.96. The van der Waals surface area contributed by atoms with Gasteiger partial charge in [-0.1, -0.05) is 12.1 Å². The van der Waals surface area contributed by atoms with Gasteiger partial charge in [-0.05, 0) is 12.5 Å². The number of hydrogen-bond acceptors (Lipinski definition) is 4. The highest BCUT2D eigenvalue weighted by Gasteiger charge is 2.13. The fourth-order valence-corrected chi connectivity index (χ4v) is 2.06. The van der Waals surface area contributed by atoms with E-state index in [1.54, 1.807) is 13.2 Å². The summed E-state index contributed by atoms with van der Waals surface area (Å²) in [6, 6.07) is 5.61. The van der Waals surface area contributed by atoms with Gasteiger partial charge in [0.25, 0.3) is 0 Å². The van der Waals surface area contributed by atoms with Crippen LogP contribution in [0.3, 0.4) is 0 Å². The quantitative estimate of drug-likeness (QED) is 0.867. The van der Waals surface area contributed by atoms with Crippen molar-refractivity contribution in [2.24, 2.45) is 0 Å². The van der Waals surface area contributed by atoms with Gasteiger partial charge in [0.05, 0.1) is 13.7 Å². The summed E-state index contributed by atoms with van der Waals surface area (Å²) in [5.41, 5.74) is 0.909. The number of benzene rings is 1. The van der Waals surface area contributed by atoms with Crippen LogP contribution >= 0.6 is 0 Å². The molecule has 1 aliphatic rings. The zero-order chi connectivity index (χ0) is 12.1. The number of nitrogens with zero attached hydrogens (tertiary/aromatic N) is 1. The Balaban J connectivity index is 2.06. The van der Waals surface area contributed by atoms with Gasteiger partial charge in [-0.2, -0.15) is 0 Å². The molecule has 0 unspecified atom stereocenters. The summed E-state index contributed by atoms with van der Waals surface area (Å²) < 4.78 is 10.5. The Kier molecular flexibility index (Phi) is 4.23. The van der Waals surface area contributed by atoms with Crippen molar-refractivity contribution in [3.05, 3.63) is 23.8 Å². The molecule has 17 heavy (non-hydrogen) atoms. The monoisotopic (exact) mass is 237 g/mol. The molecule has 2 rings (SSSR count). The van der Waals surface area contributed by atoms with E-state index in [2.05, 4.69) is 4.90 Å². The highest BCUT2D eigenvalue weighted by Crippen LogP contribution is 2.30. The molecule has 1 N–H and O–H groups in total. The molecule has 94 valence electrons. The van der Waals surface area contributed by atoms with Crippen molar-refractivity contribution < 1.29 is 14.6 Å². The summed E-state index contributed by atoms with van der Waals surface area (Å²) in [6.45, 7) is 4.27. The Labute approximate surface area is 102 Å². The molecular formula is C13H19NO3. The lowest BCUT2D eigenvalue weighted by atomic mass is 10.1. The zero-order valence-corrected chi connectivity index (χ0v) is 10.2. The minimum atomic E-state index is 0.250. The van der Waals surface area contributed by atoms with E-state index in [4.69, 9.17) is 9.47 Å². The first-order valence-corrected chi connectivity index (χ1v) is 5.96. The third-order valence-electron chi connectivity index (χ3n) is 3.01. The van der Waals surface area contributed by atoms with Crippen molar-refractivity contribution in [3.8, 4) is 11.5 Å². The molecule has 4 heteroatoms. The third-order valence-corrected chi connectivity index (χ3v) is 3.01. The molecule has 0 aliphatic carbocycles. The van der Waals surface area contributed by atoms with Crippen molar-refractivity contribution in [2.75, 3.05) is 33.4 Å². The summed E-state index contributed by atoms with van der Waals surface area (Å²) >= 11 is 0. The smallest absolute Gasteiger partial charge is 0.162 e. The van der Waals surface area contributed by atoms with E-state index in [0.717, 1.165) is 44.8 Å². The molecule has 1 heterocycles. The molecule has 1 aromatic rings. The molecule has 1 saturated heterocycles. The van der Waals surface area contributed by atoms with E-state index in [0.29, 0.717) is 5.75 Å². The molecule has 1 aliphatic heterocycles. The molecule has 0 radical (unpaired) electrons. The normalized spacial score (nSPS) is 17.7. The lowest BCUT2D eigenvalue weighted by Crippen LogP contribution is -2.25. The predicted molar refractivity (Wildman–Crippen MR) is 65.4 cm³/mol. The Hall–Kier alpha value is -1.26. The molecule has 0 bridgehead atoms. The predicted octanol–water partition coefficient (Wildman–Crippen LogP) is 1.62. The lowest BCUT2D eigenvalue weighted by Gasteiger charge is -2.20. The maximum absolute atomic E-state index is 10.0. The minimum Gasteiger partial charge on any atom is -0.504 e. The van der Waals surface area contributed by atoms with Crippen LogP contribution in [0.25, 0.3) is 0 Å². The molecular weight excluding hydrogens is 218 g/mol. The number of rotatable bonds is 3. The van der Waals surface area contributed by atoms with E-state index in [1.165, 1.54) is 0 Å². The average molecular weight is 237 g/mol. The van der Waals surface area contributed by atoms with Gasteiger partial charge in [-0.25, -0.2) is 0 Å². The second kappa shape index (κ2) is 5.89. The van der Waals surface area contributed by atoms with E-state index in [1.807, 2.05) is 12.1 Å². The molecule has 1 fully saturated rings. The van der Waals surface area contributed by atoms with Crippen LogP contribution in [0.4, 0.5) is 0 Å². The van der Waals surface area contributed by atoms with Crippen LogP contribution in [0, 0.1) is 0 Å². The average Bonchev–Trinajstić information content (AvgIpc) is 2.60. The number of phenolic OH excluding ortho intramolecular Hbond substituents is 1. The first kappa shape index (κ1) is 12.2. The van der Waals surface area contributed by atoms with E-state index < -0.39 is 0 Å². The number of aromatic hydroxyl groups is 1. The van der Waals surface area contributed by atoms with Crippen LogP contribution in [0.5, 0.6) is 11.5 Å². The molecule has 0 atom stereocenters. The fraction of sp³-hybridized carbons (Fsp3) is 0.538. The van der Waals surface area contributed by atoms with Gasteiger partial charge in [-0.15, -0.1) is 0 Å². The number of hydrogen-bond donors (Lipinski definition) is 1. The minimum absolute atomic E-state index is 0.250. The number of methoxy groups -OCH3 is 1. The summed E-state index contributed by atoms with van der Waals surface area (Å²) in [5, 5.41) is 10.0. The van der Waals surface area contributed by atoms with Crippen LogP contribution < -0.4 is 4.74 Å². The van der Waals surface area contributed by atoms with Gasteiger partial charge in [-0.3, -0.25) is 4.90 Å². The van der Waals surface area contributed by atoms with Gasteiger partial charge in [0.15, 0.2) is 11.5 Å². The molecule has 0 amide bonds. The zero-order valence-electron chi connectivity index (χ0n) is 10.2. The molecule has 0 saturated carbocycles. The number of para-hydroxylation sites is 1. The van der Waals surface area contributed by atoms with Crippen LogP contribution in [0.15, 0.2) is 18.2 Å². The molecule has 1 aromatic carbocycles. The second-order valence-electron chi connectivity index (χ2n) is 4.21. The van der Waals surface area contributed by atoms with Crippen molar-refractivity contribution in [1.29, 1.82) is 0 Å². The number of ether oxygens (including phenoxy) is 2. The van der Waals surface area contributed by atoms with Crippen LogP contribution in [0.2, 0.25) is 0 Å². The molecule has 4 nitrogen and oxygen atoms in total. The van der Waals surface area contributed by atoms with Crippen LogP contribution in [-0.4, -0.2) is 43.4 Å². The summed E-state index contributed by atoms with van der Waals surface area (Å²) in [7, 11) is 1.57. The molecule has 0 spiro atoms. The maximum Gasteiger partial charge on any atom is 0.162 e. The van der Waals surface area contributed by atoms with Crippen molar-refractivity contribution in [3.63, 3.8) is 0 Å². The Morgan fingerprint density at radius 1 is 1.35 bits per heavy atom. The first-order chi connectivity index (χ1) is 8.31. The Bertz CT molecular complexity index is 360. The highest BCUT2D eigenvalue weighted by molar-refractivity contribution is 5.45. The largest absolute Gasteiger partial charge is 0.504 e. The Morgan fingerprint density at radius 2 is 2.24 bits per heavy atom. The van der Waals surface area contributed by atoms with Gasteiger partial charge >= 0.3 is 0 Å². The summed E-state index contributed by atoms with van der Waals surface area (Å²) in [6.07, 6.45) is 1.05. The maximum atomic E-state index is 10.0. The number of phenols is 1. The second-order valence-corrected chi connectivity index (χ2v) is 4.21. The topological polar surface area (TPSA) is 41.9 Å². The van der Waals surface area contributed by atoms with Gasteiger partial charge in [0, 0.05) is 31.8 Å². The summed E-state index contributed by atoms with van der Waals surface area (Å²) in [5.74, 6) is 0.786. The Morgan fingerprint density at radius 3 is 3.06 bits per heavy atom. The van der Waals surface area contributed by atoms with Crippen molar-refractivity contribution in [2.45, 2.75) is 13.0 Å². The highest BCUT2D eigenvalue weighted by atomic mass is 16.5. The van der Waals surface area contributed by atoms with Crippen LogP contribution in [0.1, 0.15) is 12.0 Å².